The van der Waals surface area contributed by atoms with Gasteiger partial charge >= 0.3 is 0 Å². The predicted molar refractivity (Wildman–Crippen MR) is 84.8 cm³/mol. The normalized spacial score (nSPS) is 36.6. The van der Waals surface area contributed by atoms with Gasteiger partial charge < -0.3 is 20.3 Å². The van der Waals surface area contributed by atoms with Crippen LogP contribution >= 0.6 is 12.4 Å². The molecule has 3 aliphatic rings. The molecule has 0 aromatic rings. The molecule has 6 heteroatoms. The zero-order valence-corrected chi connectivity index (χ0v) is 13.7. The summed E-state index contributed by atoms with van der Waals surface area (Å²) in [6, 6.07) is 0.598. The minimum atomic E-state index is 0. The molecule has 2 heterocycles. The van der Waals surface area contributed by atoms with E-state index in [9.17, 15) is 4.79 Å². The lowest BCUT2D eigenvalue weighted by Gasteiger charge is -2.30. The molecule has 5 nitrogen and oxygen atoms in total. The van der Waals surface area contributed by atoms with Crippen LogP contribution in [0.4, 0.5) is 0 Å². The summed E-state index contributed by atoms with van der Waals surface area (Å²) in [7, 11) is 2.10. The van der Waals surface area contributed by atoms with Crippen LogP contribution in [0.3, 0.4) is 0 Å². The molecule has 1 aliphatic carbocycles. The van der Waals surface area contributed by atoms with E-state index in [-0.39, 0.29) is 30.5 Å². The molecule has 2 saturated heterocycles. The van der Waals surface area contributed by atoms with Crippen molar-refractivity contribution in [1.29, 1.82) is 0 Å². The van der Waals surface area contributed by atoms with Crippen LogP contribution in [0.5, 0.6) is 0 Å². The summed E-state index contributed by atoms with van der Waals surface area (Å²) >= 11 is 0. The van der Waals surface area contributed by atoms with Crippen molar-refractivity contribution >= 4 is 18.3 Å². The Morgan fingerprint density at radius 2 is 2.19 bits per heavy atom. The van der Waals surface area contributed by atoms with Crippen molar-refractivity contribution in [2.75, 3.05) is 33.3 Å². The number of morpholine rings is 1. The Labute approximate surface area is 133 Å². The highest BCUT2D eigenvalue weighted by Gasteiger charge is 2.38. The molecule has 122 valence electrons. The van der Waals surface area contributed by atoms with E-state index in [4.69, 9.17) is 4.74 Å². The molecule has 21 heavy (non-hydrogen) atoms. The van der Waals surface area contributed by atoms with Gasteiger partial charge in [-0.1, -0.05) is 12.8 Å². The summed E-state index contributed by atoms with van der Waals surface area (Å²) in [6.45, 7) is 3.29. The molecule has 3 rings (SSSR count). The van der Waals surface area contributed by atoms with Crippen LogP contribution in [0, 0.1) is 5.92 Å². The number of ether oxygens (including phenoxy) is 1. The van der Waals surface area contributed by atoms with Gasteiger partial charge in [0.15, 0.2) is 0 Å². The van der Waals surface area contributed by atoms with Crippen molar-refractivity contribution in [1.82, 2.24) is 15.5 Å². The molecular weight excluding hydrogens is 290 g/mol. The number of amides is 1. The van der Waals surface area contributed by atoms with Gasteiger partial charge in [-0.2, -0.15) is 0 Å². The number of hydrogen-bond acceptors (Lipinski definition) is 4. The van der Waals surface area contributed by atoms with Gasteiger partial charge in [0.05, 0.1) is 18.8 Å². The van der Waals surface area contributed by atoms with Gasteiger partial charge in [-0.25, -0.2) is 0 Å². The quantitative estimate of drug-likeness (QED) is 0.807. The molecule has 3 fully saturated rings. The third-order valence-corrected chi connectivity index (χ3v) is 5.03. The average molecular weight is 318 g/mol. The molecule has 0 aromatic heterocycles. The largest absolute Gasteiger partial charge is 0.374 e. The molecule has 0 bridgehead atoms. The van der Waals surface area contributed by atoms with Crippen molar-refractivity contribution in [2.45, 2.75) is 50.3 Å². The van der Waals surface area contributed by atoms with Crippen LogP contribution in [0.15, 0.2) is 0 Å². The summed E-state index contributed by atoms with van der Waals surface area (Å²) in [5, 5.41) is 6.60. The fourth-order valence-electron chi connectivity index (χ4n) is 3.85. The second-order valence-electron chi connectivity index (χ2n) is 6.61. The molecule has 0 radical (unpaired) electrons. The maximum atomic E-state index is 12.3. The minimum Gasteiger partial charge on any atom is -0.374 e. The summed E-state index contributed by atoms with van der Waals surface area (Å²) in [5.41, 5.74) is 0. The molecule has 1 amide bonds. The van der Waals surface area contributed by atoms with Crippen LogP contribution in [-0.2, 0) is 9.53 Å². The molecular formula is C15H28ClN3O2. The fourth-order valence-corrected chi connectivity index (χ4v) is 3.85. The first kappa shape index (κ1) is 17.0. The molecule has 2 aliphatic heterocycles. The predicted octanol–water partition coefficient (Wildman–Crippen LogP) is 0.776. The first-order valence-electron chi connectivity index (χ1n) is 8.06. The minimum absolute atomic E-state index is 0. The molecule has 2 N–H and O–H groups in total. The monoisotopic (exact) mass is 317 g/mol. The summed E-state index contributed by atoms with van der Waals surface area (Å²) in [4.78, 5) is 14.5. The van der Waals surface area contributed by atoms with Gasteiger partial charge in [-0.15, -0.1) is 12.4 Å². The lowest BCUT2D eigenvalue weighted by Crippen LogP contribution is -2.49. The second kappa shape index (κ2) is 7.77. The number of hydrogen-bond donors (Lipinski definition) is 2. The average Bonchev–Trinajstić information content (AvgIpc) is 2.89. The molecule has 1 saturated carbocycles. The number of fused-ring (bicyclic) bond motifs is 1. The second-order valence-corrected chi connectivity index (χ2v) is 6.61. The maximum Gasteiger partial charge on any atom is 0.237 e. The van der Waals surface area contributed by atoms with E-state index >= 15 is 0 Å². The smallest absolute Gasteiger partial charge is 0.237 e. The standard InChI is InChI=1S/C15H27N3O2.ClH/c1-18-6-7-20-12(10-18)9-16-15(19)14-8-11-4-2-3-5-13(11)17-14;/h11-14,17H,2-10H2,1H3,(H,16,19);1H. The van der Waals surface area contributed by atoms with E-state index in [0.717, 1.165) is 32.0 Å². The first-order valence-corrected chi connectivity index (χ1v) is 8.06. The zero-order chi connectivity index (χ0) is 13.9. The number of rotatable bonds is 3. The Kier molecular flexibility index (Phi) is 6.29. The van der Waals surface area contributed by atoms with Crippen LogP contribution in [0.25, 0.3) is 0 Å². The number of carbonyl (C=O) groups is 1. The Morgan fingerprint density at radius 1 is 1.38 bits per heavy atom. The number of halogens is 1. The van der Waals surface area contributed by atoms with Crippen molar-refractivity contribution in [2.24, 2.45) is 5.92 Å². The zero-order valence-electron chi connectivity index (χ0n) is 12.8. The molecule has 4 atom stereocenters. The van der Waals surface area contributed by atoms with Gasteiger partial charge in [-0.3, -0.25) is 4.79 Å². The van der Waals surface area contributed by atoms with Crippen LogP contribution in [0.1, 0.15) is 32.1 Å². The molecule has 0 spiro atoms. The van der Waals surface area contributed by atoms with Gasteiger partial charge in [0, 0.05) is 25.7 Å². The number of likely N-dealkylation sites (N-methyl/N-ethyl adjacent to an activating group) is 1. The Hall–Kier alpha value is -0.360. The third kappa shape index (κ3) is 4.31. The highest BCUT2D eigenvalue weighted by Crippen LogP contribution is 2.33. The molecule has 4 unspecified atom stereocenters. The van der Waals surface area contributed by atoms with E-state index < -0.39 is 0 Å². The SMILES string of the molecule is CN1CCOC(CNC(=O)C2CC3CCCCC3N2)C1.Cl. The first-order chi connectivity index (χ1) is 9.72. The van der Waals surface area contributed by atoms with E-state index in [2.05, 4.69) is 22.6 Å². The lowest BCUT2D eigenvalue weighted by molar-refractivity contribution is -0.124. The topological polar surface area (TPSA) is 53.6 Å². The summed E-state index contributed by atoms with van der Waals surface area (Å²) in [5.74, 6) is 0.882. The van der Waals surface area contributed by atoms with Crippen molar-refractivity contribution < 1.29 is 9.53 Å². The van der Waals surface area contributed by atoms with E-state index in [1.165, 1.54) is 25.7 Å². The van der Waals surface area contributed by atoms with Crippen LogP contribution in [-0.4, -0.2) is 62.3 Å². The third-order valence-electron chi connectivity index (χ3n) is 5.03. The number of nitrogens with one attached hydrogen (secondary N) is 2. The van der Waals surface area contributed by atoms with Crippen molar-refractivity contribution in [3.63, 3.8) is 0 Å². The van der Waals surface area contributed by atoms with Gasteiger partial charge in [-0.05, 0) is 32.2 Å². The highest BCUT2D eigenvalue weighted by molar-refractivity contribution is 5.85. The van der Waals surface area contributed by atoms with Gasteiger partial charge in [0.25, 0.3) is 0 Å². The van der Waals surface area contributed by atoms with Crippen LogP contribution < -0.4 is 10.6 Å². The number of nitrogens with zero attached hydrogens (tertiary/aromatic N) is 1. The summed E-state index contributed by atoms with van der Waals surface area (Å²) < 4.78 is 5.68. The van der Waals surface area contributed by atoms with Crippen molar-refractivity contribution in [3.8, 4) is 0 Å². The number of carbonyl (C=O) groups excluding carboxylic acids is 1. The Bertz CT molecular complexity index is 342. The van der Waals surface area contributed by atoms with E-state index in [1.807, 2.05) is 0 Å². The Morgan fingerprint density at radius 3 is 2.95 bits per heavy atom. The van der Waals surface area contributed by atoms with Crippen LogP contribution in [0.2, 0.25) is 0 Å². The lowest BCUT2D eigenvalue weighted by atomic mass is 9.85. The molecule has 0 aromatic carbocycles. The van der Waals surface area contributed by atoms with Gasteiger partial charge in [0.2, 0.25) is 5.91 Å². The van der Waals surface area contributed by atoms with E-state index in [1.54, 1.807) is 0 Å². The highest BCUT2D eigenvalue weighted by atomic mass is 35.5. The summed E-state index contributed by atoms with van der Waals surface area (Å²) in [6.07, 6.45) is 6.33. The van der Waals surface area contributed by atoms with Crippen molar-refractivity contribution in [3.05, 3.63) is 0 Å². The fraction of sp³-hybridized carbons (Fsp3) is 0.933. The van der Waals surface area contributed by atoms with E-state index in [0.29, 0.717) is 12.6 Å². The maximum absolute atomic E-state index is 12.3. The van der Waals surface area contributed by atoms with Gasteiger partial charge in [0.1, 0.15) is 0 Å². The Balaban J connectivity index is 0.00000161.